The van der Waals surface area contributed by atoms with Gasteiger partial charge in [0.15, 0.2) is 0 Å². The number of carbonyl (C=O) groups excluding carboxylic acids is 4. The summed E-state index contributed by atoms with van der Waals surface area (Å²) in [7, 11) is 4.72. The highest BCUT2D eigenvalue weighted by atomic mass is 16.5. The summed E-state index contributed by atoms with van der Waals surface area (Å²) in [4.78, 5) is 70.1. The monoisotopic (exact) mass is 722 g/mol. The number of amides is 4. The molecule has 0 aromatic heterocycles. The van der Waals surface area contributed by atoms with Crippen LogP contribution in [0.4, 0.5) is 0 Å². The van der Waals surface area contributed by atoms with Crippen molar-refractivity contribution in [1.29, 1.82) is 0 Å². The Hall–Kier alpha value is -4.29. The molecule has 8 atom stereocenters. The fourth-order valence-corrected chi connectivity index (χ4v) is 7.21. The number of nitrogens with zero attached hydrogens (tertiary/aromatic N) is 2. The van der Waals surface area contributed by atoms with Gasteiger partial charge in [-0.05, 0) is 42.4 Å². The molecule has 0 unspecified atom stereocenters. The summed E-state index contributed by atoms with van der Waals surface area (Å²) in [5.74, 6) is -3.43. The van der Waals surface area contributed by atoms with Gasteiger partial charge in [0.25, 0.3) is 5.91 Å². The molecule has 0 saturated carbocycles. The van der Waals surface area contributed by atoms with Crippen LogP contribution in [-0.2, 0) is 35.1 Å². The molecule has 0 radical (unpaired) electrons. The summed E-state index contributed by atoms with van der Waals surface area (Å²) in [6.45, 7) is 9.93. The Morgan fingerprint density at radius 2 is 1.54 bits per heavy atom. The first-order valence-corrected chi connectivity index (χ1v) is 18.3. The van der Waals surface area contributed by atoms with E-state index >= 15 is 0 Å². The van der Waals surface area contributed by atoms with Crippen LogP contribution < -0.4 is 10.6 Å². The molecule has 1 aliphatic rings. The van der Waals surface area contributed by atoms with E-state index in [4.69, 9.17) is 9.47 Å². The number of rotatable bonds is 19. The van der Waals surface area contributed by atoms with Crippen molar-refractivity contribution in [2.24, 2.45) is 17.8 Å². The van der Waals surface area contributed by atoms with Gasteiger partial charge in [0.1, 0.15) is 12.1 Å². The van der Waals surface area contributed by atoms with Gasteiger partial charge in [0.05, 0.1) is 36.6 Å². The first kappa shape index (κ1) is 42.1. The van der Waals surface area contributed by atoms with Crippen molar-refractivity contribution in [3.63, 3.8) is 0 Å². The van der Waals surface area contributed by atoms with E-state index in [9.17, 15) is 29.1 Å². The van der Waals surface area contributed by atoms with Gasteiger partial charge < -0.3 is 35.0 Å². The molecule has 52 heavy (non-hydrogen) atoms. The van der Waals surface area contributed by atoms with Crippen molar-refractivity contribution in [2.45, 2.75) is 103 Å². The van der Waals surface area contributed by atoms with Crippen molar-refractivity contribution in [3.05, 3.63) is 71.8 Å². The molecule has 12 nitrogen and oxygen atoms in total. The molecule has 4 amide bonds. The second-order valence-electron chi connectivity index (χ2n) is 14.2. The lowest BCUT2D eigenvalue weighted by Gasteiger charge is -2.40. The van der Waals surface area contributed by atoms with E-state index in [0.717, 1.165) is 5.56 Å². The van der Waals surface area contributed by atoms with Gasteiger partial charge in [-0.2, -0.15) is 0 Å². The average molecular weight is 723 g/mol. The van der Waals surface area contributed by atoms with Gasteiger partial charge in [-0.15, -0.1) is 0 Å². The highest BCUT2D eigenvalue weighted by Crippen LogP contribution is 2.29. The number of likely N-dealkylation sites (tertiary alicyclic amines) is 1. The third kappa shape index (κ3) is 10.9. The molecule has 3 N–H and O–H groups in total. The largest absolute Gasteiger partial charge is 0.480 e. The van der Waals surface area contributed by atoms with E-state index < -0.39 is 54.2 Å². The lowest BCUT2D eigenvalue weighted by molar-refractivity contribution is -0.147. The van der Waals surface area contributed by atoms with Crippen LogP contribution in [0, 0.1) is 17.8 Å². The molecule has 286 valence electrons. The molecule has 2 aromatic carbocycles. The number of hydrogen-bond donors (Lipinski definition) is 3. The fraction of sp³-hybridized carbons (Fsp3) is 0.575. The molecule has 1 heterocycles. The second kappa shape index (κ2) is 20.1. The summed E-state index contributed by atoms with van der Waals surface area (Å²) in [5.41, 5.74) is 1.24. The van der Waals surface area contributed by atoms with Crippen molar-refractivity contribution >= 4 is 29.6 Å². The van der Waals surface area contributed by atoms with Crippen molar-refractivity contribution in [3.8, 4) is 0 Å². The Balaban J connectivity index is 1.76. The predicted molar refractivity (Wildman–Crippen MR) is 198 cm³/mol. The second-order valence-corrected chi connectivity index (χ2v) is 14.2. The van der Waals surface area contributed by atoms with E-state index in [1.54, 1.807) is 48.0 Å². The maximum Gasteiger partial charge on any atom is 0.326 e. The van der Waals surface area contributed by atoms with Crippen LogP contribution in [0.1, 0.15) is 76.2 Å². The molecular formula is C40H58N4O8. The Kier molecular flexibility index (Phi) is 16.3. The van der Waals surface area contributed by atoms with E-state index in [1.807, 2.05) is 64.1 Å². The van der Waals surface area contributed by atoms with E-state index in [2.05, 4.69) is 10.6 Å². The van der Waals surface area contributed by atoms with Crippen molar-refractivity contribution < 1.29 is 38.6 Å². The van der Waals surface area contributed by atoms with Crippen LogP contribution in [0.25, 0.3) is 0 Å². The minimum absolute atomic E-state index is 0.0163. The van der Waals surface area contributed by atoms with Gasteiger partial charge in [-0.3, -0.25) is 19.2 Å². The molecule has 1 fully saturated rings. The van der Waals surface area contributed by atoms with Crippen LogP contribution in [0.5, 0.6) is 0 Å². The summed E-state index contributed by atoms with van der Waals surface area (Å²) >= 11 is 0. The zero-order valence-electron chi connectivity index (χ0n) is 31.9. The van der Waals surface area contributed by atoms with Crippen LogP contribution in [-0.4, -0.2) is 109 Å². The Morgan fingerprint density at radius 1 is 0.923 bits per heavy atom. The molecule has 0 aliphatic carbocycles. The summed E-state index contributed by atoms with van der Waals surface area (Å²) in [5, 5.41) is 15.5. The Labute approximate surface area is 308 Å². The van der Waals surface area contributed by atoms with Crippen LogP contribution >= 0.6 is 0 Å². The quantitative estimate of drug-likeness (QED) is 0.195. The number of benzene rings is 2. The standard InChI is InChI=1S/C40H58N4O8/c1-9-26(4)35(43(6)39(48)34(25(2)3)42-38(47)29-19-14-11-15-20-29)32(51-7)24-33(45)44-22-16-21-31(44)36(52-8)27(5)37(46)41-30(40(49)50)23-28-17-12-10-13-18-28/h10-15,17-20,25-27,30-32,34-36H,9,16,21-24H2,1-8H3,(H,41,46)(H,42,47)(H,49,50)/t26-,27+,30-,31-,32+,34-,35-,36+/m0/s1. The minimum atomic E-state index is -1.14. The molecule has 3 rings (SSSR count). The van der Waals surface area contributed by atoms with Gasteiger partial charge in [0, 0.05) is 39.8 Å². The van der Waals surface area contributed by atoms with E-state index in [1.165, 1.54) is 14.2 Å². The Morgan fingerprint density at radius 3 is 2.08 bits per heavy atom. The summed E-state index contributed by atoms with van der Waals surface area (Å²) in [6.07, 6.45) is 0.793. The maximum atomic E-state index is 14.1. The first-order valence-electron chi connectivity index (χ1n) is 18.3. The number of hydrogen-bond acceptors (Lipinski definition) is 7. The smallest absolute Gasteiger partial charge is 0.326 e. The number of aliphatic carboxylic acids is 1. The van der Waals surface area contributed by atoms with Gasteiger partial charge in [-0.25, -0.2) is 4.79 Å². The molecule has 1 saturated heterocycles. The van der Waals surface area contributed by atoms with Crippen LogP contribution in [0.2, 0.25) is 0 Å². The first-order chi connectivity index (χ1) is 24.7. The highest BCUT2D eigenvalue weighted by Gasteiger charge is 2.43. The lowest BCUT2D eigenvalue weighted by Crippen LogP contribution is -2.57. The van der Waals surface area contributed by atoms with E-state index in [-0.39, 0.29) is 42.4 Å². The zero-order chi connectivity index (χ0) is 38.5. The number of nitrogens with one attached hydrogen (secondary N) is 2. The molecule has 0 spiro atoms. The zero-order valence-corrected chi connectivity index (χ0v) is 31.9. The average Bonchev–Trinajstić information content (AvgIpc) is 3.63. The van der Waals surface area contributed by atoms with Crippen LogP contribution in [0.15, 0.2) is 60.7 Å². The molecule has 1 aliphatic heterocycles. The number of carbonyl (C=O) groups is 5. The normalized spacial score (nSPS) is 18.4. The predicted octanol–water partition coefficient (Wildman–Crippen LogP) is 4.17. The molecule has 0 bridgehead atoms. The van der Waals surface area contributed by atoms with Crippen molar-refractivity contribution in [1.82, 2.24) is 20.4 Å². The number of carboxylic acid groups (broad SMARTS) is 1. The minimum Gasteiger partial charge on any atom is -0.480 e. The number of carboxylic acids is 1. The van der Waals surface area contributed by atoms with Gasteiger partial charge in [-0.1, -0.05) is 89.6 Å². The SMILES string of the molecule is CC[C@H](C)[C@@H]([C@@H](CC(=O)N1CCC[C@H]1[C@H](OC)[C@@H](C)C(=O)N[C@@H](Cc1ccccc1)C(=O)O)OC)N(C)C(=O)[C@@H](NC(=O)c1ccccc1)C(C)C. The number of likely N-dealkylation sites (N-methyl/N-ethyl adjacent to an activating group) is 1. The van der Waals surface area contributed by atoms with Gasteiger partial charge in [0.2, 0.25) is 17.7 Å². The molecular weight excluding hydrogens is 664 g/mol. The van der Waals surface area contributed by atoms with E-state index in [0.29, 0.717) is 31.4 Å². The third-order valence-corrected chi connectivity index (χ3v) is 10.4. The van der Waals surface area contributed by atoms with Crippen LogP contribution in [0.3, 0.4) is 0 Å². The molecule has 12 heteroatoms. The topological polar surface area (TPSA) is 155 Å². The number of ether oxygens (including phenoxy) is 2. The maximum absolute atomic E-state index is 14.1. The highest BCUT2D eigenvalue weighted by molar-refractivity contribution is 5.97. The number of methoxy groups -OCH3 is 2. The summed E-state index contributed by atoms with van der Waals surface area (Å²) in [6, 6.07) is 15.0. The fourth-order valence-electron chi connectivity index (χ4n) is 7.21. The van der Waals surface area contributed by atoms with Crippen molar-refractivity contribution in [2.75, 3.05) is 27.8 Å². The summed E-state index contributed by atoms with van der Waals surface area (Å²) < 4.78 is 11.8. The van der Waals surface area contributed by atoms with Gasteiger partial charge >= 0.3 is 5.97 Å². The molecule has 2 aromatic rings. The Bertz CT molecular complexity index is 1470. The lowest BCUT2D eigenvalue weighted by atomic mass is 9.89. The third-order valence-electron chi connectivity index (χ3n) is 10.4.